The number of hydrogen-bond donors (Lipinski definition) is 1. The van der Waals surface area contributed by atoms with Crippen LogP contribution in [-0.2, 0) is 21.8 Å². The van der Waals surface area contributed by atoms with Crippen LogP contribution in [0, 0.1) is 0 Å². The van der Waals surface area contributed by atoms with Gasteiger partial charge in [0.25, 0.3) is 10.0 Å². The molecule has 1 N–H and O–H groups in total. The number of sulfonamides is 1. The quantitative estimate of drug-likeness (QED) is 0.863. The van der Waals surface area contributed by atoms with Crippen molar-refractivity contribution >= 4 is 26.0 Å². The van der Waals surface area contributed by atoms with Crippen molar-refractivity contribution in [1.29, 1.82) is 0 Å². The maximum Gasteiger partial charge on any atom is 0.261 e. The Balaban J connectivity index is 2.27. The molecule has 2 heterocycles. The highest BCUT2D eigenvalue weighted by atomic mass is 79.9. The van der Waals surface area contributed by atoms with E-state index in [4.69, 9.17) is 4.74 Å². The molecule has 1 aromatic heterocycles. The molecule has 1 saturated heterocycles. The molecule has 1 atom stereocenters. The van der Waals surface area contributed by atoms with E-state index in [9.17, 15) is 8.42 Å². The fourth-order valence-corrected chi connectivity index (χ4v) is 4.52. The highest BCUT2D eigenvalue weighted by Crippen LogP contribution is 2.24. The molecule has 7 nitrogen and oxygen atoms in total. The van der Waals surface area contributed by atoms with Gasteiger partial charge in [0.05, 0.1) is 12.1 Å². The second-order valence-electron chi connectivity index (χ2n) is 4.63. The van der Waals surface area contributed by atoms with Crippen molar-refractivity contribution in [1.82, 2.24) is 19.7 Å². The van der Waals surface area contributed by atoms with Gasteiger partial charge in [0.2, 0.25) is 5.03 Å². The Morgan fingerprint density at radius 3 is 2.78 bits per heavy atom. The SMILES string of the molecule is Cn1nnc(Br)c1S(=O)(=O)NC1(C)CCCOC1. The topological polar surface area (TPSA) is 86.1 Å². The maximum absolute atomic E-state index is 12.3. The number of nitrogens with zero attached hydrogens (tertiary/aromatic N) is 3. The van der Waals surface area contributed by atoms with Gasteiger partial charge >= 0.3 is 0 Å². The second kappa shape index (κ2) is 4.87. The van der Waals surface area contributed by atoms with E-state index < -0.39 is 15.6 Å². The van der Waals surface area contributed by atoms with Gasteiger partial charge in [-0.1, -0.05) is 5.21 Å². The van der Waals surface area contributed by atoms with E-state index in [1.807, 2.05) is 6.92 Å². The first kappa shape index (κ1) is 13.9. The normalized spacial score (nSPS) is 25.3. The molecule has 0 radical (unpaired) electrons. The average molecular weight is 339 g/mol. The largest absolute Gasteiger partial charge is 0.380 e. The summed E-state index contributed by atoms with van der Waals surface area (Å²) in [6, 6.07) is 0. The standard InChI is InChI=1S/C9H15BrN4O3S/c1-9(4-3-5-17-6-9)12-18(15,16)8-7(10)11-13-14(8)2/h12H,3-6H2,1-2H3. The molecule has 1 aliphatic rings. The molecule has 1 unspecified atom stereocenters. The van der Waals surface area contributed by atoms with E-state index in [1.54, 1.807) is 0 Å². The molecule has 102 valence electrons. The highest BCUT2D eigenvalue weighted by molar-refractivity contribution is 9.10. The maximum atomic E-state index is 12.3. The third-order valence-electron chi connectivity index (χ3n) is 2.81. The fraction of sp³-hybridized carbons (Fsp3) is 0.778. The van der Waals surface area contributed by atoms with Gasteiger partial charge in [0.15, 0.2) is 4.60 Å². The zero-order valence-electron chi connectivity index (χ0n) is 10.2. The van der Waals surface area contributed by atoms with Crippen molar-refractivity contribution in [3.8, 4) is 0 Å². The predicted octanol–water partition coefficient (Wildman–Crippen LogP) is 0.425. The Labute approximate surface area is 114 Å². The van der Waals surface area contributed by atoms with Gasteiger partial charge in [0.1, 0.15) is 0 Å². The lowest BCUT2D eigenvalue weighted by atomic mass is 9.97. The first-order chi connectivity index (χ1) is 8.34. The highest BCUT2D eigenvalue weighted by Gasteiger charge is 2.35. The summed E-state index contributed by atoms with van der Waals surface area (Å²) in [7, 11) is -2.14. The van der Waals surface area contributed by atoms with Gasteiger partial charge in [-0.15, -0.1) is 5.10 Å². The van der Waals surface area contributed by atoms with Gasteiger partial charge in [0, 0.05) is 13.7 Å². The summed E-state index contributed by atoms with van der Waals surface area (Å²) >= 11 is 3.09. The lowest BCUT2D eigenvalue weighted by Crippen LogP contribution is -2.51. The summed E-state index contributed by atoms with van der Waals surface area (Å²) in [5, 5.41) is 7.37. The molecule has 1 aliphatic heterocycles. The lowest BCUT2D eigenvalue weighted by molar-refractivity contribution is 0.0386. The van der Waals surface area contributed by atoms with E-state index in [1.165, 1.54) is 11.7 Å². The molecule has 0 spiro atoms. The van der Waals surface area contributed by atoms with Crippen LogP contribution in [-0.4, -0.2) is 42.2 Å². The average Bonchev–Trinajstić information content (AvgIpc) is 2.58. The summed E-state index contributed by atoms with van der Waals surface area (Å²) in [5.41, 5.74) is -0.583. The van der Waals surface area contributed by atoms with Crippen molar-refractivity contribution in [2.24, 2.45) is 7.05 Å². The number of ether oxygens (including phenoxy) is 1. The number of rotatable bonds is 3. The first-order valence-corrected chi connectivity index (χ1v) is 7.79. The zero-order chi connectivity index (χ0) is 13.4. The molecule has 0 saturated carbocycles. The third kappa shape index (κ3) is 2.73. The van der Waals surface area contributed by atoms with Crippen LogP contribution in [0.3, 0.4) is 0 Å². The van der Waals surface area contributed by atoms with Crippen molar-refractivity contribution < 1.29 is 13.2 Å². The van der Waals surface area contributed by atoms with Crippen LogP contribution in [0.2, 0.25) is 0 Å². The Morgan fingerprint density at radius 1 is 1.56 bits per heavy atom. The van der Waals surface area contributed by atoms with Crippen molar-refractivity contribution in [3.63, 3.8) is 0 Å². The predicted molar refractivity (Wildman–Crippen MR) is 67.5 cm³/mol. The third-order valence-corrected chi connectivity index (χ3v) is 5.34. The number of halogens is 1. The lowest BCUT2D eigenvalue weighted by Gasteiger charge is -2.33. The van der Waals surface area contributed by atoms with E-state index >= 15 is 0 Å². The number of hydrogen-bond acceptors (Lipinski definition) is 5. The Morgan fingerprint density at radius 2 is 2.28 bits per heavy atom. The van der Waals surface area contributed by atoms with Crippen LogP contribution in [0.25, 0.3) is 0 Å². The molecule has 1 fully saturated rings. The smallest absolute Gasteiger partial charge is 0.261 e. The summed E-state index contributed by atoms with van der Waals surface area (Å²) in [5.74, 6) is 0. The number of aromatic nitrogens is 3. The van der Waals surface area contributed by atoms with Crippen LogP contribution in [0.15, 0.2) is 9.63 Å². The van der Waals surface area contributed by atoms with Crippen molar-refractivity contribution in [2.45, 2.75) is 30.3 Å². The molecular weight excluding hydrogens is 324 g/mol. The monoisotopic (exact) mass is 338 g/mol. The minimum Gasteiger partial charge on any atom is -0.380 e. The molecule has 9 heteroatoms. The Bertz CT molecular complexity index is 517. The van der Waals surface area contributed by atoms with Crippen LogP contribution < -0.4 is 4.72 Å². The molecule has 0 bridgehead atoms. The summed E-state index contributed by atoms with van der Waals surface area (Å²) in [6.45, 7) is 2.88. The van der Waals surface area contributed by atoms with Gasteiger partial charge in [-0.3, -0.25) is 0 Å². The minimum absolute atomic E-state index is 0.0225. The molecule has 1 aromatic rings. The Kier molecular flexibility index (Phi) is 3.77. The Hall–Kier alpha value is -0.510. The van der Waals surface area contributed by atoms with Gasteiger partial charge < -0.3 is 4.74 Å². The molecule has 0 aliphatic carbocycles. The van der Waals surface area contributed by atoms with E-state index in [0.717, 1.165) is 12.8 Å². The van der Waals surface area contributed by atoms with Gasteiger partial charge in [-0.05, 0) is 35.7 Å². The van der Waals surface area contributed by atoms with Gasteiger partial charge in [-0.25, -0.2) is 17.8 Å². The molecule has 18 heavy (non-hydrogen) atoms. The summed E-state index contributed by atoms with van der Waals surface area (Å²) in [6.07, 6.45) is 1.58. The molecule has 2 rings (SSSR count). The van der Waals surface area contributed by atoms with E-state index in [2.05, 4.69) is 31.0 Å². The number of aryl methyl sites for hydroxylation is 1. The molecule has 0 amide bonds. The van der Waals surface area contributed by atoms with Gasteiger partial charge in [-0.2, -0.15) is 0 Å². The van der Waals surface area contributed by atoms with Crippen LogP contribution >= 0.6 is 15.9 Å². The molecular formula is C9H15BrN4O3S. The van der Waals surface area contributed by atoms with Crippen LogP contribution in [0.5, 0.6) is 0 Å². The van der Waals surface area contributed by atoms with Crippen LogP contribution in [0.1, 0.15) is 19.8 Å². The van der Waals surface area contributed by atoms with Crippen molar-refractivity contribution in [3.05, 3.63) is 4.60 Å². The fourth-order valence-electron chi connectivity index (χ4n) is 2.00. The molecule has 0 aromatic carbocycles. The van der Waals surface area contributed by atoms with Crippen molar-refractivity contribution in [2.75, 3.05) is 13.2 Å². The van der Waals surface area contributed by atoms with E-state index in [-0.39, 0.29) is 9.63 Å². The summed E-state index contributed by atoms with van der Waals surface area (Å²) < 4.78 is 34.1. The zero-order valence-corrected chi connectivity index (χ0v) is 12.6. The van der Waals surface area contributed by atoms with Crippen LogP contribution in [0.4, 0.5) is 0 Å². The number of nitrogens with one attached hydrogen (secondary N) is 1. The first-order valence-electron chi connectivity index (χ1n) is 5.51. The second-order valence-corrected chi connectivity index (χ2v) is 6.98. The summed E-state index contributed by atoms with van der Waals surface area (Å²) in [4.78, 5) is 0. The minimum atomic E-state index is -3.68. The van der Waals surface area contributed by atoms with E-state index in [0.29, 0.717) is 13.2 Å².